The van der Waals surface area contributed by atoms with Crippen LogP contribution in [0.2, 0.25) is 5.02 Å². The lowest BCUT2D eigenvalue weighted by molar-refractivity contribution is 1.32. The standard InChI is InChI=1S/C14H11ClN2S/c1-18-10-7-5-9(6-8-10)14-16-12-4-2-3-11(15)13(12)17-14/h2-8H,1H3,(H,16,17). The number of hydrogen-bond donors (Lipinski definition) is 1. The number of nitrogens with zero attached hydrogens (tertiary/aromatic N) is 1. The van der Waals surface area contributed by atoms with Crippen molar-refractivity contribution in [2.45, 2.75) is 4.90 Å². The molecule has 90 valence electrons. The van der Waals surface area contributed by atoms with Crippen LogP contribution < -0.4 is 0 Å². The van der Waals surface area contributed by atoms with E-state index in [1.165, 1.54) is 4.90 Å². The Hall–Kier alpha value is -1.45. The molecule has 3 aromatic rings. The van der Waals surface area contributed by atoms with Crippen molar-refractivity contribution in [2.75, 3.05) is 6.26 Å². The van der Waals surface area contributed by atoms with Crippen LogP contribution in [0.5, 0.6) is 0 Å². The number of thioether (sulfide) groups is 1. The summed E-state index contributed by atoms with van der Waals surface area (Å²) in [5, 5.41) is 0.677. The zero-order chi connectivity index (χ0) is 12.5. The molecule has 4 heteroatoms. The molecule has 0 fully saturated rings. The van der Waals surface area contributed by atoms with Gasteiger partial charge in [0.15, 0.2) is 0 Å². The van der Waals surface area contributed by atoms with Crippen molar-refractivity contribution >= 4 is 34.4 Å². The minimum atomic E-state index is 0.677. The Balaban J connectivity index is 2.10. The Morgan fingerprint density at radius 2 is 1.89 bits per heavy atom. The van der Waals surface area contributed by atoms with E-state index in [0.717, 1.165) is 22.4 Å². The molecule has 18 heavy (non-hydrogen) atoms. The highest BCUT2D eigenvalue weighted by molar-refractivity contribution is 7.98. The third-order valence-electron chi connectivity index (χ3n) is 2.83. The summed E-state index contributed by atoms with van der Waals surface area (Å²) in [5.41, 5.74) is 2.86. The number of H-pyrrole nitrogens is 1. The van der Waals surface area contributed by atoms with Crippen LogP contribution in [0, 0.1) is 0 Å². The molecule has 0 bridgehead atoms. The van der Waals surface area contributed by atoms with Crippen molar-refractivity contribution < 1.29 is 0 Å². The van der Waals surface area contributed by atoms with Crippen molar-refractivity contribution in [1.82, 2.24) is 9.97 Å². The Morgan fingerprint density at radius 1 is 1.11 bits per heavy atom. The maximum atomic E-state index is 6.12. The molecule has 2 nitrogen and oxygen atoms in total. The number of hydrogen-bond acceptors (Lipinski definition) is 2. The van der Waals surface area contributed by atoms with E-state index in [1.54, 1.807) is 11.8 Å². The maximum absolute atomic E-state index is 6.12. The summed E-state index contributed by atoms with van der Waals surface area (Å²) in [6.07, 6.45) is 2.07. The van der Waals surface area contributed by atoms with E-state index in [-0.39, 0.29) is 0 Å². The Kier molecular flexibility index (Phi) is 3.02. The first-order valence-electron chi connectivity index (χ1n) is 5.56. The quantitative estimate of drug-likeness (QED) is 0.692. The number of halogens is 1. The second-order valence-electron chi connectivity index (χ2n) is 3.95. The molecular weight excluding hydrogens is 264 g/mol. The molecule has 0 aliphatic rings. The molecule has 0 aliphatic carbocycles. The van der Waals surface area contributed by atoms with Crippen molar-refractivity contribution in [3.05, 3.63) is 47.5 Å². The summed E-state index contributed by atoms with van der Waals surface area (Å²) >= 11 is 7.85. The van der Waals surface area contributed by atoms with E-state index in [2.05, 4.69) is 40.5 Å². The van der Waals surface area contributed by atoms with Crippen LogP contribution in [0.3, 0.4) is 0 Å². The third kappa shape index (κ3) is 2.00. The first-order valence-corrected chi connectivity index (χ1v) is 7.17. The first-order chi connectivity index (χ1) is 8.78. The Labute approximate surface area is 114 Å². The van der Waals surface area contributed by atoms with E-state index < -0.39 is 0 Å². The average molecular weight is 275 g/mol. The van der Waals surface area contributed by atoms with Crippen LogP contribution in [-0.4, -0.2) is 16.2 Å². The fraction of sp³-hybridized carbons (Fsp3) is 0.0714. The minimum absolute atomic E-state index is 0.677. The number of fused-ring (bicyclic) bond motifs is 1. The molecule has 0 atom stereocenters. The number of rotatable bonds is 2. The topological polar surface area (TPSA) is 28.7 Å². The monoisotopic (exact) mass is 274 g/mol. The molecule has 0 saturated heterocycles. The molecule has 0 aliphatic heterocycles. The number of nitrogens with one attached hydrogen (secondary N) is 1. The van der Waals surface area contributed by atoms with Gasteiger partial charge in [0.1, 0.15) is 11.3 Å². The average Bonchev–Trinajstić information content (AvgIpc) is 2.84. The zero-order valence-electron chi connectivity index (χ0n) is 9.77. The molecule has 0 saturated carbocycles. The van der Waals surface area contributed by atoms with Crippen molar-refractivity contribution in [1.29, 1.82) is 0 Å². The second kappa shape index (κ2) is 4.67. The summed E-state index contributed by atoms with van der Waals surface area (Å²) in [7, 11) is 0. The maximum Gasteiger partial charge on any atom is 0.138 e. The van der Waals surface area contributed by atoms with Gasteiger partial charge in [0.2, 0.25) is 0 Å². The van der Waals surface area contributed by atoms with Crippen LogP contribution >= 0.6 is 23.4 Å². The minimum Gasteiger partial charge on any atom is -0.338 e. The number of imidazole rings is 1. The van der Waals surface area contributed by atoms with Gasteiger partial charge in [-0.25, -0.2) is 4.98 Å². The number of para-hydroxylation sites is 1. The molecule has 1 aromatic heterocycles. The number of benzene rings is 2. The van der Waals surface area contributed by atoms with Gasteiger partial charge >= 0.3 is 0 Å². The van der Waals surface area contributed by atoms with E-state index in [1.807, 2.05) is 18.2 Å². The molecule has 0 unspecified atom stereocenters. The second-order valence-corrected chi connectivity index (χ2v) is 5.24. The predicted octanol–water partition coefficient (Wildman–Crippen LogP) is 4.61. The molecule has 2 aromatic carbocycles. The molecule has 0 spiro atoms. The van der Waals surface area contributed by atoms with Crippen LogP contribution in [0.4, 0.5) is 0 Å². The lowest BCUT2D eigenvalue weighted by Gasteiger charge is -1.98. The molecular formula is C14H11ClN2S. The zero-order valence-corrected chi connectivity index (χ0v) is 11.3. The Bertz CT molecular complexity index is 689. The molecule has 1 N–H and O–H groups in total. The number of aromatic nitrogens is 2. The van der Waals surface area contributed by atoms with Gasteiger partial charge in [-0.2, -0.15) is 0 Å². The summed E-state index contributed by atoms with van der Waals surface area (Å²) in [5.74, 6) is 0.853. The van der Waals surface area contributed by atoms with E-state index in [0.29, 0.717) is 5.02 Å². The highest BCUT2D eigenvalue weighted by Gasteiger charge is 2.07. The normalized spacial score (nSPS) is 11.0. The van der Waals surface area contributed by atoms with E-state index in [9.17, 15) is 0 Å². The van der Waals surface area contributed by atoms with Gasteiger partial charge in [-0.05, 0) is 30.5 Å². The van der Waals surface area contributed by atoms with Gasteiger partial charge < -0.3 is 4.98 Å². The summed E-state index contributed by atoms with van der Waals surface area (Å²) in [6.45, 7) is 0. The molecule has 3 rings (SSSR count). The van der Waals surface area contributed by atoms with Crippen LogP contribution in [0.25, 0.3) is 22.4 Å². The van der Waals surface area contributed by atoms with Crippen molar-refractivity contribution in [3.8, 4) is 11.4 Å². The SMILES string of the molecule is CSc1ccc(-c2nc3c(Cl)cccc3[nH]2)cc1. The van der Waals surface area contributed by atoms with E-state index in [4.69, 9.17) is 11.6 Å². The number of aromatic amines is 1. The lowest BCUT2D eigenvalue weighted by Crippen LogP contribution is -1.79. The first kappa shape index (κ1) is 11.6. The predicted molar refractivity (Wildman–Crippen MR) is 78.3 cm³/mol. The largest absolute Gasteiger partial charge is 0.338 e. The summed E-state index contributed by atoms with van der Waals surface area (Å²) < 4.78 is 0. The van der Waals surface area contributed by atoms with Gasteiger partial charge in [-0.15, -0.1) is 11.8 Å². The fourth-order valence-electron chi connectivity index (χ4n) is 1.88. The summed E-state index contributed by atoms with van der Waals surface area (Å²) in [4.78, 5) is 9.07. The van der Waals surface area contributed by atoms with Crippen molar-refractivity contribution in [3.63, 3.8) is 0 Å². The highest BCUT2D eigenvalue weighted by Crippen LogP contribution is 2.26. The molecule has 0 amide bonds. The van der Waals surface area contributed by atoms with Crippen LogP contribution in [-0.2, 0) is 0 Å². The lowest BCUT2D eigenvalue weighted by atomic mass is 10.2. The summed E-state index contributed by atoms with van der Waals surface area (Å²) in [6, 6.07) is 14.1. The smallest absolute Gasteiger partial charge is 0.138 e. The van der Waals surface area contributed by atoms with Gasteiger partial charge in [-0.1, -0.05) is 29.8 Å². The van der Waals surface area contributed by atoms with Crippen molar-refractivity contribution in [2.24, 2.45) is 0 Å². The molecule has 0 radical (unpaired) electrons. The fourth-order valence-corrected chi connectivity index (χ4v) is 2.51. The Morgan fingerprint density at radius 3 is 2.56 bits per heavy atom. The van der Waals surface area contributed by atoms with Gasteiger partial charge in [0.05, 0.1) is 10.5 Å². The van der Waals surface area contributed by atoms with E-state index >= 15 is 0 Å². The highest BCUT2D eigenvalue weighted by atomic mass is 35.5. The third-order valence-corrected chi connectivity index (χ3v) is 3.88. The van der Waals surface area contributed by atoms with Crippen LogP contribution in [0.1, 0.15) is 0 Å². The van der Waals surface area contributed by atoms with Gasteiger partial charge in [0, 0.05) is 10.5 Å². The molecule has 1 heterocycles. The van der Waals surface area contributed by atoms with Crippen LogP contribution in [0.15, 0.2) is 47.4 Å². The van der Waals surface area contributed by atoms with Gasteiger partial charge in [-0.3, -0.25) is 0 Å². The van der Waals surface area contributed by atoms with Gasteiger partial charge in [0.25, 0.3) is 0 Å².